The van der Waals surface area contributed by atoms with E-state index < -0.39 is 0 Å². The molecule has 4 heteroatoms. The zero-order chi connectivity index (χ0) is 14.6. The molecule has 0 aliphatic carbocycles. The lowest BCUT2D eigenvalue weighted by atomic mass is 10.1. The average Bonchev–Trinajstić information content (AvgIpc) is 2.92. The summed E-state index contributed by atoms with van der Waals surface area (Å²) in [6, 6.07) is 3.21. The van der Waals surface area contributed by atoms with Gasteiger partial charge in [0.25, 0.3) is 0 Å². The minimum Gasteiger partial charge on any atom is -0.457 e. The number of unbranched alkanes of at least 4 members (excludes halogenated alkanes) is 6. The molecule has 0 aliphatic rings. The Bertz CT molecular complexity index is 395. The van der Waals surface area contributed by atoms with Crippen LogP contribution in [0.3, 0.4) is 0 Å². The number of hydrogen-bond acceptors (Lipinski definition) is 4. The molecule has 0 aliphatic heterocycles. The van der Waals surface area contributed by atoms with Gasteiger partial charge in [0.1, 0.15) is 12.4 Å². The molecule has 0 radical (unpaired) electrons. The quantitative estimate of drug-likeness (QED) is 0.345. The second kappa shape index (κ2) is 10.2. The van der Waals surface area contributed by atoms with Gasteiger partial charge in [0.2, 0.25) is 0 Å². The van der Waals surface area contributed by atoms with E-state index in [4.69, 9.17) is 9.15 Å². The summed E-state index contributed by atoms with van der Waals surface area (Å²) in [6.45, 7) is 2.30. The molecule has 0 amide bonds. The fourth-order valence-electron chi connectivity index (χ4n) is 1.99. The van der Waals surface area contributed by atoms with Gasteiger partial charge in [-0.3, -0.25) is 9.59 Å². The van der Waals surface area contributed by atoms with Gasteiger partial charge >= 0.3 is 5.97 Å². The Labute approximate surface area is 120 Å². The number of hydrogen-bond donors (Lipinski definition) is 0. The second-order valence-corrected chi connectivity index (χ2v) is 4.95. The standard InChI is InChI=1S/C16H24O4/c1-2-3-4-5-6-7-8-9-16(18)19-13-15-11-10-14(12-17)20-15/h10-12H,2-9,13H2,1H3. The Balaban J connectivity index is 2.01. The maximum atomic E-state index is 11.5. The van der Waals surface area contributed by atoms with Gasteiger partial charge in [-0.1, -0.05) is 45.4 Å². The van der Waals surface area contributed by atoms with Crippen LogP contribution in [0.2, 0.25) is 0 Å². The van der Waals surface area contributed by atoms with Crippen LogP contribution in [-0.4, -0.2) is 12.3 Å². The lowest BCUT2D eigenvalue weighted by molar-refractivity contribution is -0.145. The molecule has 112 valence electrons. The summed E-state index contributed by atoms with van der Waals surface area (Å²) < 4.78 is 10.2. The predicted octanol–water partition coefficient (Wildman–Crippen LogP) is 4.28. The summed E-state index contributed by atoms with van der Waals surface area (Å²) >= 11 is 0. The van der Waals surface area contributed by atoms with Crippen LogP contribution in [0.25, 0.3) is 0 Å². The summed E-state index contributed by atoms with van der Waals surface area (Å²) in [5.41, 5.74) is 0. The van der Waals surface area contributed by atoms with Gasteiger partial charge in [-0.2, -0.15) is 0 Å². The summed E-state index contributed by atoms with van der Waals surface area (Å²) in [5.74, 6) is 0.547. The highest BCUT2D eigenvalue weighted by Gasteiger charge is 2.06. The predicted molar refractivity (Wildman–Crippen MR) is 76.5 cm³/mol. The average molecular weight is 280 g/mol. The first kappa shape index (κ1) is 16.5. The molecule has 0 saturated carbocycles. The third kappa shape index (κ3) is 7.12. The minimum absolute atomic E-state index is 0.100. The van der Waals surface area contributed by atoms with Gasteiger partial charge in [-0.15, -0.1) is 0 Å². The van der Waals surface area contributed by atoms with Crippen LogP contribution < -0.4 is 0 Å². The summed E-state index contributed by atoms with van der Waals surface area (Å²) in [5, 5.41) is 0. The zero-order valence-corrected chi connectivity index (χ0v) is 12.2. The molecule has 4 nitrogen and oxygen atoms in total. The largest absolute Gasteiger partial charge is 0.457 e. The number of aldehydes is 1. The minimum atomic E-state index is -0.206. The molecule has 1 aromatic heterocycles. The first-order valence-electron chi connectivity index (χ1n) is 7.45. The van der Waals surface area contributed by atoms with E-state index >= 15 is 0 Å². The molecule has 1 rings (SSSR count). The molecular formula is C16H24O4. The smallest absolute Gasteiger partial charge is 0.306 e. The first-order chi connectivity index (χ1) is 9.76. The van der Waals surface area contributed by atoms with Crippen molar-refractivity contribution in [2.75, 3.05) is 0 Å². The van der Waals surface area contributed by atoms with Crippen LogP contribution in [-0.2, 0) is 16.1 Å². The van der Waals surface area contributed by atoms with E-state index in [1.165, 1.54) is 32.1 Å². The van der Waals surface area contributed by atoms with Crippen molar-refractivity contribution in [2.45, 2.75) is 64.9 Å². The topological polar surface area (TPSA) is 56.5 Å². The van der Waals surface area contributed by atoms with E-state index in [0.29, 0.717) is 18.5 Å². The van der Waals surface area contributed by atoms with Crippen molar-refractivity contribution in [3.05, 3.63) is 23.7 Å². The normalized spacial score (nSPS) is 10.4. The number of ether oxygens (including phenoxy) is 1. The highest BCUT2D eigenvalue weighted by molar-refractivity contribution is 5.70. The third-order valence-corrected chi connectivity index (χ3v) is 3.16. The first-order valence-corrected chi connectivity index (χ1v) is 7.45. The Morgan fingerprint density at radius 2 is 1.85 bits per heavy atom. The van der Waals surface area contributed by atoms with Gasteiger partial charge in [-0.05, 0) is 18.6 Å². The van der Waals surface area contributed by atoms with Crippen LogP contribution in [0, 0.1) is 0 Å². The van der Waals surface area contributed by atoms with Gasteiger partial charge in [-0.25, -0.2) is 0 Å². The summed E-state index contributed by atoms with van der Waals surface area (Å²) in [6.07, 6.45) is 9.33. The van der Waals surface area contributed by atoms with Gasteiger partial charge < -0.3 is 9.15 Å². The molecule has 0 N–H and O–H groups in total. The summed E-state index contributed by atoms with van der Waals surface area (Å²) in [4.78, 5) is 21.9. The van der Waals surface area contributed by atoms with Crippen molar-refractivity contribution >= 4 is 12.3 Å². The van der Waals surface area contributed by atoms with Crippen molar-refractivity contribution < 1.29 is 18.7 Å². The number of carbonyl (C=O) groups excluding carboxylic acids is 2. The Hall–Kier alpha value is -1.58. The molecular weight excluding hydrogens is 256 g/mol. The molecule has 0 fully saturated rings. The van der Waals surface area contributed by atoms with E-state index in [1.54, 1.807) is 12.1 Å². The Morgan fingerprint density at radius 3 is 2.50 bits per heavy atom. The fraction of sp³-hybridized carbons (Fsp3) is 0.625. The lowest BCUT2D eigenvalue weighted by Crippen LogP contribution is -2.03. The van der Waals surface area contributed by atoms with Crippen LogP contribution in [0.5, 0.6) is 0 Å². The fourth-order valence-corrected chi connectivity index (χ4v) is 1.99. The van der Waals surface area contributed by atoms with Gasteiger partial charge in [0, 0.05) is 6.42 Å². The van der Waals surface area contributed by atoms with E-state index in [0.717, 1.165) is 12.8 Å². The number of rotatable bonds is 11. The molecule has 0 spiro atoms. The van der Waals surface area contributed by atoms with Crippen LogP contribution >= 0.6 is 0 Å². The second-order valence-electron chi connectivity index (χ2n) is 4.95. The number of esters is 1. The van der Waals surface area contributed by atoms with Crippen LogP contribution in [0.1, 0.15) is 74.6 Å². The molecule has 0 bridgehead atoms. The molecule has 0 saturated heterocycles. The maximum Gasteiger partial charge on any atom is 0.306 e. The highest BCUT2D eigenvalue weighted by atomic mass is 16.5. The number of carbonyl (C=O) groups is 2. The van der Waals surface area contributed by atoms with Crippen LogP contribution in [0.4, 0.5) is 0 Å². The molecule has 1 aromatic rings. The van der Waals surface area contributed by atoms with E-state index in [-0.39, 0.29) is 18.3 Å². The number of furan rings is 1. The van der Waals surface area contributed by atoms with Crippen molar-refractivity contribution in [1.82, 2.24) is 0 Å². The summed E-state index contributed by atoms with van der Waals surface area (Å²) in [7, 11) is 0. The van der Waals surface area contributed by atoms with Crippen molar-refractivity contribution in [1.29, 1.82) is 0 Å². The van der Waals surface area contributed by atoms with Crippen molar-refractivity contribution in [3.8, 4) is 0 Å². The van der Waals surface area contributed by atoms with Gasteiger partial charge in [0.15, 0.2) is 12.0 Å². The van der Waals surface area contributed by atoms with E-state index in [9.17, 15) is 9.59 Å². The van der Waals surface area contributed by atoms with Crippen molar-refractivity contribution in [2.24, 2.45) is 0 Å². The maximum absolute atomic E-state index is 11.5. The van der Waals surface area contributed by atoms with Crippen molar-refractivity contribution in [3.63, 3.8) is 0 Å². The monoisotopic (exact) mass is 280 g/mol. The molecule has 0 atom stereocenters. The SMILES string of the molecule is CCCCCCCCCC(=O)OCc1ccc(C=O)o1. The lowest BCUT2D eigenvalue weighted by Gasteiger charge is -2.03. The molecule has 0 aromatic carbocycles. The van der Waals surface area contributed by atoms with Crippen LogP contribution in [0.15, 0.2) is 16.5 Å². The van der Waals surface area contributed by atoms with E-state index in [1.807, 2.05) is 0 Å². The Kier molecular flexibility index (Phi) is 8.43. The highest BCUT2D eigenvalue weighted by Crippen LogP contribution is 2.10. The third-order valence-electron chi connectivity index (χ3n) is 3.16. The molecule has 20 heavy (non-hydrogen) atoms. The molecule has 0 unspecified atom stereocenters. The zero-order valence-electron chi connectivity index (χ0n) is 12.2. The molecule has 1 heterocycles. The van der Waals surface area contributed by atoms with E-state index in [2.05, 4.69) is 6.92 Å². The van der Waals surface area contributed by atoms with Gasteiger partial charge in [0.05, 0.1) is 0 Å². The Morgan fingerprint density at radius 1 is 1.15 bits per heavy atom.